The normalized spacial score (nSPS) is 36.7. The van der Waals surface area contributed by atoms with E-state index in [4.69, 9.17) is 4.74 Å². The van der Waals surface area contributed by atoms with Gasteiger partial charge in [-0.2, -0.15) is 0 Å². The van der Waals surface area contributed by atoms with Crippen molar-refractivity contribution < 1.29 is 14.6 Å². The molecule has 2 aliphatic carbocycles. The summed E-state index contributed by atoms with van der Waals surface area (Å²) >= 11 is 0. The van der Waals surface area contributed by atoms with Gasteiger partial charge >= 0.3 is 5.97 Å². The average molecular weight is 266 g/mol. The molecule has 0 bridgehead atoms. The second-order valence-corrected chi connectivity index (χ2v) is 6.59. The first-order valence-corrected chi connectivity index (χ1v) is 7.35. The van der Waals surface area contributed by atoms with E-state index in [9.17, 15) is 9.90 Å². The number of aliphatic hydroxyl groups is 1. The van der Waals surface area contributed by atoms with Gasteiger partial charge in [-0.15, -0.1) is 0 Å². The van der Waals surface area contributed by atoms with E-state index in [0.29, 0.717) is 5.92 Å². The third-order valence-electron chi connectivity index (χ3n) is 5.49. The zero-order valence-corrected chi connectivity index (χ0v) is 12.5. The summed E-state index contributed by atoms with van der Waals surface area (Å²) in [5, 5.41) is 10.1. The highest BCUT2D eigenvalue weighted by molar-refractivity contribution is 5.72. The Kier molecular flexibility index (Phi) is 4.05. The predicted molar refractivity (Wildman–Crippen MR) is 74.6 cm³/mol. The summed E-state index contributed by atoms with van der Waals surface area (Å²) < 4.78 is 4.87. The molecule has 1 fully saturated rings. The Hall–Kier alpha value is -0.830. The van der Waals surface area contributed by atoms with Crippen molar-refractivity contribution >= 4 is 5.97 Å². The van der Waals surface area contributed by atoms with Crippen LogP contribution in [0.3, 0.4) is 0 Å². The topological polar surface area (TPSA) is 46.5 Å². The first-order valence-electron chi connectivity index (χ1n) is 7.35. The molecule has 108 valence electrons. The number of allylic oxidation sites excluding steroid dienone is 1. The van der Waals surface area contributed by atoms with Gasteiger partial charge in [0.25, 0.3) is 0 Å². The molecular formula is C16H26O3. The molecule has 0 aromatic heterocycles. The number of aliphatic hydroxyl groups excluding tert-OH is 1. The number of hydrogen-bond donors (Lipinski definition) is 1. The average Bonchev–Trinajstić information content (AvgIpc) is 2.41. The van der Waals surface area contributed by atoms with E-state index in [1.54, 1.807) is 0 Å². The van der Waals surface area contributed by atoms with Crippen LogP contribution in [0.2, 0.25) is 0 Å². The first kappa shape index (κ1) is 14.6. The van der Waals surface area contributed by atoms with Gasteiger partial charge in [0, 0.05) is 0 Å². The Balaban J connectivity index is 2.21. The highest BCUT2D eigenvalue weighted by Crippen LogP contribution is 2.52. The Morgan fingerprint density at radius 3 is 2.68 bits per heavy atom. The maximum atomic E-state index is 11.7. The molecule has 2 rings (SSSR count). The van der Waals surface area contributed by atoms with Crippen LogP contribution in [0, 0.1) is 17.3 Å². The highest BCUT2D eigenvalue weighted by Gasteiger charge is 2.42. The second kappa shape index (κ2) is 5.28. The Bertz CT molecular complexity index is 399. The molecule has 0 amide bonds. The molecule has 0 aromatic carbocycles. The summed E-state index contributed by atoms with van der Waals surface area (Å²) in [4.78, 5) is 11.7. The van der Waals surface area contributed by atoms with Crippen molar-refractivity contribution in [1.29, 1.82) is 0 Å². The Morgan fingerprint density at radius 1 is 1.42 bits per heavy atom. The number of fused-ring (bicyclic) bond motifs is 1. The smallest absolute Gasteiger partial charge is 0.308 e. The lowest BCUT2D eigenvalue weighted by molar-refractivity contribution is -0.147. The van der Waals surface area contributed by atoms with Gasteiger partial charge in [-0.25, -0.2) is 0 Å². The van der Waals surface area contributed by atoms with E-state index in [1.165, 1.54) is 12.7 Å². The molecule has 0 radical (unpaired) electrons. The fourth-order valence-corrected chi connectivity index (χ4v) is 3.86. The molecule has 0 aromatic rings. The number of hydrogen-bond acceptors (Lipinski definition) is 3. The van der Waals surface area contributed by atoms with Crippen LogP contribution in [-0.2, 0) is 9.53 Å². The molecule has 3 heteroatoms. The van der Waals surface area contributed by atoms with Crippen LogP contribution in [0.1, 0.15) is 52.9 Å². The Morgan fingerprint density at radius 2 is 2.05 bits per heavy atom. The van der Waals surface area contributed by atoms with Crippen LogP contribution >= 0.6 is 0 Å². The summed E-state index contributed by atoms with van der Waals surface area (Å²) in [6.07, 6.45) is 4.81. The SMILES string of the molecule is COC(=O)[C@H](C)[C@@H]1CC[C@@]2(C)CC[C@@H](O)C(C)=C2C1. The lowest BCUT2D eigenvalue weighted by Gasteiger charge is -2.46. The van der Waals surface area contributed by atoms with Gasteiger partial charge in [0.2, 0.25) is 0 Å². The van der Waals surface area contributed by atoms with E-state index in [2.05, 4.69) is 13.8 Å². The lowest BCUT2D eigenvalue weighted by Crippen LogP contribution is -2.37. The highest BCUT2D eigenvalue weighted by atomic mass is 16.5. The van der Waals surface area contributed by atoms with E-state index < -0.39 is 0 Å². The van der Waals surface area contributed by atoms with Crippen molar-refractivity contribution in [2.75, 3.05) is 7.11 Å². The molecule has 3 nitrogen and oxygen atoms in total. The van der Waals surface area contributed by atoms with Gasteiger partial charge < -0.3 is 9.84 Å². The van der Waals surface area contributed by atoms with E-state index in [-0.39, 0.29) is 23.4 Å². The molecular weight excluding hydrogens is 240 g/mol. The van der Waals surface area contributed by atoms with Crippen molar-refractivity contribution in [2.45, 2.75) is 59.0 Å². The van der Waals surface area contributed by atoms with Gasteiger partial charge in [-0.3, -0.25) is 4.79 Å². The van der Waals surface area contributed by atoms with Gasteiger partial charge in [0.15, 0.2) is 0 Å². The number of ether oxygens (including phenoxy) is 1. The summed E-state index contributed by atoms with van der Waals surface area (Å²) in [5.41, 5.74) is 2.80. The first-order chi connectivity index (χ1) is 8.89. The van der Waals surface area contributed by atoms with Gasteiger partial charge in [0.1, 0.15) is 0 Å². The summed E-state index contributed by atoms with van der Waals surface area (Å²) in [5.74, 6) is 0.202. The van der Waals surface area contributed by atoms with Gasteiger partial charge in [0.05, 0.1) is 19.1 Å². The van der Waals surface area contributed by atoms with Crippen molar-refractivity contribution in [3.63, 3.8) is 0 Å². The minimum atomic E-state index is -0.282. The van der Waals surface area contributed by atoms with E-state index in [1.807, 2.05) is 6.92 Å². The molecule has 0 unspecified atom stereocenters. The third kappa shape index (κ3) is 2.58. The van der Waals surface area contributed by atoms with Gasteiger partial charge in [-0.05, 0) is 55.9 Å². The molecule has 0 saturated heterocycles. The van der Waals surface area contributed by atoms with E-state index >= 15 is 0 Å². The molecule has 2 aliphatic rings. The molecule has 0 spiro atoms. The summed E-state index contributed by atoms with van der Waals surface area (Å²) in [6, 6.07) is 0. The van der Waals surface area contributed by atoms with Crippen LogP contribution in [0.15, 0.2) is 11.1 Å². The summed E-state index contributed by atoms with van der Waals surface area (Å²) in [7, 11) is 1.46. The zero-order valence-electron chi connectivity index (χ0n) is 12.5. The fourth-order valence-electron chi connectivity index (χ4n) is 3.86. The van der Waals surface area contributed by atoms with E-state index in [0.717, 1.165) is 37.7 Å². The summed E-state index contributed by atoms with van der Waals surface area (Å²) in [6.45, 7) is 6.34. The molecule has 1 N–H and O–H groups in total. The van der Waals surface area contributed by atoms with Gasteiger partial charge in [-0.1, -0.05) is 19.4 Å². The lowest BCUT2D eigenvalue weighted by atomic mass is 9.60. The maximum Gasteiger partial charge on any atom is 0.308 e. The maximum absolute atomic E-state index is 11.7. The van der Waals surface area contributed by atoms with Crippen LogP contribution < -0.4 is 0 Å². The predicted octanol–water partition coefficient (Wildman–Crippen LogP) is 3.07. The number of esters is 1. The standard InChI is InChI=1S/C16H26O3/c1-10(15(18)19-4)12-5-7-16(3)8-6-14(17)11(2)13(16)9-12/h10,12,14,17H,5-9H2,1-4H3/t10-,12-,14-,16+/m1/s1. The third-order valence-corrected chi connectivity index (χ3v) is 5.49. The molecule has 1 saturated carbocycles. The fraction of sp³-hybridized carbons (Fsp3) is 0.812. The minimum absolute atomic E-state index is 0.0473. The number of carbonyl (C=O) groups excluding carboxylic acids is 1. The minimum Gasteiger partial charge on any atom is -0.469 e. The molecule has 19 heavy (non-hydrogen) atoms. The van der Waals surface area contributed by atoms with Crippen molar-refractivity contribution in [3.05, 3.63) is 11.1 Å². The monoisotopic (exact) mass is 266 g/mol. The number of rotatable bonds is 2. The van der Waals surface area contributed by atoms with Crippen molar-refractivity contribution in [1.82, 2.24) is 0 Å². The Labute approximate surface area is 116 Å². The quantitative estimate of drug-likeness (QED) is 0.617. The van der Waals surface area contributed by atoms with Crippen LogP contribution in [0.5, 0.6) is 0 Å². The van der Waals surface area contributed by atoms with Crippen LogP contribution in [0.4, 0.5) is 0 Å². The zero-order chi connectivity index (χ0) is 14.2. The molecule has 0 aliphatic heterocycles. The van der Waals surface area contributed by atoms with Crippen LogP contribution in [0.25, 0.3) is 0 Å². The number of methoxy groups -OCH3 is 1. The van der Waals surface area contributed by atoms with Crippen LogP contribution in [-0.4, -0.2) is 24.3 Å². The largest absolute Gasteiger partial charge is 0.469 e. The molecule has 0 heterocycles. The molecule has 4 atom stereocenters. The number of carbonyl (C=O) groups is 1. The second-order valence-electron chi connectivity index (χ2n) is 6.59. The van der Waals surface area contributed by atoms with Crippen molar-refractivity contribution in [2.24, 2.45) is 17.3 Å². The van der Waals surface area contributed by atoms with Crippen molar-refractivity contribution in [3.8, 4) is 0 Å².